The second kappa shape index (κ2) is 6.38. The van der Waals surface area contributed by atoms with Gasteiger partial charge in [-0.2, -0.15) is 0 Å². The van der Waals surface area contributed by atoms with Gasteiger partial charge in [0.2, 0.25) is 0 Å². The fraction of sp³-hybridized carbons (Fsp3) is 0.625. The predicted octanol–water partition coefficient (Wildman–Crippen LogP) is 3.55. The van der Waals surface area contributed by atoms with Crippen LogP contribution in [0.25, 0.3) is 0 Å². The van der Waals surface area contributed by atoms with Crippen LogP contribution in [-0.2, 0) is 6.54 Å². The van der Waals surface area contributed by atoms with Crippen LogP contribution >= 0.6 is 0 Å². The van der Waals surface area contributed by atoms with E-state index in [9.17, 15) is 4.39 Å². The Labute approximate surface area is 115 Å². The van der Waals surface area contributed by atoms with Crippen LogP contribution in [0.3, 0.4) is 0 Å². The minimum Gasteiger partial charge on any atom is -0.371 e. The van der Waals surface area contributed by atoms with Crippen LogP contribution in [0.1, 0.15) is 38.7 Å². The molecular weight excluding hydrogens is 239 g/mol. The molecule has 0 aliphatic carbocycles. The van der Waals surface area contributed by atoms with Gasteiger partial charge in [-0.05, 0) is 43.2 Å². The lowest BCUT2D eigenvalue weighted by atomic mass is 9.89. The number of nitrogens with two attached hydrogens (primary N) is 1. The molecule has 1 heterocycles. The summed E-state index contributed by atoms with van der Waals surface area (Å²) in [5, 5.41) is 0. The molecule has 1 aromatic carbocycles. The molecule has 1 aliphatic rings. The molecule has 19 heavy (non-hydrogen) atoms. The summed E-state index contributed by atoms with van der Waals surface area (Å²) >= 11 is 0. The third-order valence-electron chi connectivity index (χ3n) is 4.34. The zero-order chi connectivity index (χ0) is 13.8. The lowest BCUT2D eigenvalue weighted by molar-refractivity contribution is 0.351. The van der Waals surface area contributed by atoms with Gasteiger partial charge in [-0.3, -0.25) is 0 Å². The van der Waals surface area contributed by atoms with Gasteiger partial charge in [0.1, 0.15) is 5.82 Å². The first-order chi connectivity index (χ1) is 9.11. The highest BCUT2D eigenvalue weighted by Crippen LogP contribution is 2.28. The van der Waals surface area contributed by atoms with Crippen LogP contribution in [0.4, 0.5) is 10.1 Å². The van der Waals surface area contributed by atoms with Crippen molar-refractivity contribution in [3.8, 4) is 0 Å². The van der Waals surface area contributed by atoms with Crippen molar-refractivity contribution in [1.82, 2.24) is 0 Å². The first-order valence-electron chi connectivity index (χ1n) is 7.35. The second-order valence-corrected chi connectivity index (χ2v) is 5.90. The van der Waals surface area contributed by atoms with E-state index in [1.165, 1.54) is 19.3 Å². The van der Waals surface area contributed by atoms with Crippen molar-refractivity contribution in [3.05, 3.63) is 29.6 Å². The first-order valence-corrected chi connectivity index (χ1v) is 7.35. The molecule has 0 radical (unpaired) electrons. The Balaban J connectivity index is 2.08. The van der Waals surface area contributed by atoms with Crippen molar-refractivity contribution in [2.75, 3.05) is 18.0 Å². The van der Waals surface area contributed by atoms with Crippen LogP contribution in [0.2, 0.25) is 0 Å². The van der Waals surface area contributed by atoms with Crippen molar-refractivity contribution in [2.24, 2.45) is 17.6 Å². The maximum Gasteiger partial charge on any atom is 0.129 e. The van der Waals surface area contributed by atoms with E-state index in [1.807, 2.05) is 12.1 Å². The molecule has 2 N–H and O–H groups in total. The van der Waals surface area contributed by atoms with Crippen LogP contribution in [0.5, 0.6) is 0 Å². The highest BCUT2D eigenvalue weighted by Gasteiger charge is 2.20. The molecule has 1 saturated heterocycles. The molecule has 0 spiro atoms. The van der Waals surface area contributed by atoms with E-state index in [0.717, 1.165) is 30.6 Å². The Morgan fingerprint density at radius 2 is 2.11 bits per heavy atom. The quantitative estimate of drug-likeness (QED) is 0.904. The molecule has 1 aliphatic heterocycles. The summed E-state index contributed by atoms with van der Waals surface area (Å²) in [5.41, 5.74) is 7.10. The molecule has 0 bridgehead atoms. The topological polar surface area (TPSA) is 29.3 Å². The molecule has 0 saturated carbocycles. The summed E-state index contributed by atoms with van der Waals surface area (Å²) in [6, 6.07) is 5.45. The number of nitrogens with zero attached hydrogens (tertiary/aromatic N) is 1. The molecule has 1 atom stereocenters. The minimum atomic E-state index is -0.176. The summed E-state index contributed by atoms with van der Waals surface area (Å²) in [6.45, 7) is 6.93. The number of hydrogen-bond donors (Lipinski definition) is 1. The third kappa shape index (κ3) is 3.47. The predicted molar refractivity (Wildman–Crippen MR) is 78.7 cm³/mol. The SMILES string of the molecule is CC(C)C1CCCN(c2ccc(CN)c(F)c2)CC1. The number of halogens is 1. The van der Waals surface area contributed by atoms with Crippen LogP contribution in [0, 0.1) is 17.7 Å². The van der Waals surface area contributed by atoms with Gasteiger partial charge in [-0.25, -0.2) is 4.39 Å². The average Bonchev–Trinajstić information content (AvgIpc) is 2.64. The molecule has 3 heteroatoms. The molecule has 0 aromatic heterocycles. The monoisotopic (exact) mass is 264 g/mol. The third-order valence-corrected chi connectivity index (χ3v) is 4.34. The molecule has 1 unspecified atom stereocenters. The Morgan fingerprint density at radius 3 is 2.74 bits per heavy atom. The summed E-state index contributed by atoms with van der Waals surface area (Å²) in [7, 11) is 0. The Kier molecular flexibility index (Phi) is 4.81. The van der Waals surface area contributed by atoms with E-state index >= 15 is 0 Å². The zero-order valence-electron chi connectivity index (χ0n) is 12.0. The normalized spacial score (nSPS) is 20.7. The largest absolute Gasteiger partial charge is 0.371 e. The molecular formula is C16H25FN2. The Morgan fingerprint density at radius 1 is 1.32 bits per heavy atom. The summed E-state index contributed by atoms with van der Waals surface area (Å²) < 4.78 is 13.8. The van der Waals surface area contributed by atoms with Crippen molar-refractivity contribution in [3.63, 3.8) is 0 Å². The number of benzene rings is 1. The van der Waals surface area contributed by atoms with E-state index in [4.69, 9.17) is 5.73 Å². The van der Waals surface area contributed by atoms with Gasteiger partial charge in [0, 0.05) is 30.9 Å². The van der Waals surface area contributed by atoms with Crippen LogP contribution in [0.15, 0.2) is 18.2 Å². The number of anilines is 1. The van der Waals surface area contributed by atoms with Crippen molar-refractivity contribution >= 4 is 5.69 Å². The van der Waals surface area contributed by atoms with Gasteiger partial charge in [-0.15, -0.1) is 0 Å². The van der Waals surface area contributed by atoms with Crippen molar-refractivity contribution in [2.45, 2.75) is 39.7 Å². The lowest BCUT2D eigenvalue weighted by Crippen LogP contribution is -2.24. The Bertz CT molecular complexity index is 417. The van der Waals surface area contributed by atoms with Gasteiger partial charge < -0.3 is 10.6 Å². The Hall–Kier alpha value is -1.09. The summed E-state index contributed by atoms with van der Waals surface area (Å²) in [6.07, 6.45) is 3.69. The van der Waals surface area contributed by atoms with Crippen LogP contribution < -0.4 is 10.6 Å². The van der Waals surface area contributed by atoms with E-state index in [1.54, 1.807) is 6.07 Å². The number of rotatable bonds is 3. The maximum absolute atomic E-state index is 13.8. The van der Waals surface area contributed by atoms with Gasteiger partial charge >= 0.3 is 0 Å². The van der Waals surface area contributed by atoms with Gasteiger partial charge in [0.05, 0.1) is 0 Å². The molecule has 0 amide bonds. The molecule has 1 fully saturated rings. The smallest absolute Gasteiger partial charge is 0.129 e. The lowest BCUT2D eigenvalue weighted by Gasteiger charge is -2.24. The van der Waals surface area contributed by atoms with Crippen LogP contribution in [-0.4, -0.2) is 13.1 Å². The molecule has 106 valence electrons. The summed E-state index contributed by atoms with van der Waals surface area (Å²) in [4.78, 5) is 2.31. The van der Waals surface area contributed by atoms with Crippen molar-refractivity contribution < 1.29 is 4.39 Å². The van der Waals surface area contributed by atoms with E-state index in [2.05, 4.69) is 18.7 Å². The second-order valence-electron chi connectivity index (χ2n) is 5.90. The maximum atomic E-state index is 13.8. The minimum absolute atomic E-state index is 0.176. The highest BCUT2D eigenvalue weighted by atomic mass is 19.1. The fourth-order valence-electron chi connectivity index (χ4n) is 2.95. The molecule has 1 aromatic rings. The number of hydrogen-bond acceptors (Lipinski definition) is 2. The van der Waals surface area contributed by atoms with E-state index in [0.29, 0.717) is 5.56 Å². The zero-order valence-corrected chi connectivity index (χ0v) is 12.0. The standard InChI is InChI=1S/C16H25FN2/c1-12(2)13-4-3-8-19(9-7-13)15-6-5-14(11-18)16(17)10-15/h5-6,10,12-13H,3-4,7-9,11,18H2,1-2H3. The van der Waals surface area contributed by atoms with E-state index in [-0.39, 0.29) is 12.4 Å². The summed E-state index contributed by atoms with van der Waals surface area (Å²) in [5.74, 6) is 1.37. The molecule has 2 rings (SSSR count). The first kappa shape index (κ1) is 14.3. The van der Waals surface area contributed by atoms with Gasteiger partial charge in [0.15, 0.2) is 0 Å². The van der Waals surface area contributed by atoms with Crippen molar-refractivity contribution in [1.29, 1.82) is 0 Å². The average molecular weight is 264 g/mol. The fourth-order valence-corrected chi connectivity index (χ4v) is 2.95. The van der Waals surface area contributed by atoms with E-state index < -0.39 is 0 Å². The molecule has 2 nitrogen and oxygen atoms in total. The van der Waals surface area contributed by atoms with Gasteiger partial charge in [0.25, 0.3) is 0 Å². The van der Waals surface area contributed by atoms with Gasteiger partial charge in [-0.1, -0.05) is 19.9 Å². The highest BCUT2D eigenvalue weighted by molar-refractivity contribution is 5.48.